The van der Waals surface area contributed by atoms with E-state index in [1.165, 1.54) is 25.5 Å². The molecule has 0 unspecified atom stereocenters. The van der Waals surface area contributed by atoms with Crippen molar-refractivity contribution >= 4 is 23.1 Å². The van der Waals surface area contributed by atoms with Crippen LogP contribution in [0.5, 0.6) is 0 Å². The molecule has 1 aromatic rings. The highest BCUT2D eigenvalue weighted by Crippen LogP contribution is 2.32. The van der Waals surface area contributed by atoms with Crippen LogP contribution >= 0.6 is 11.6 Å². The number of aromatic nitrogens is 2. The molecule has 0 aromatic carbocycles. The Morgan fingerprint density at radius 1 is 1.35 bits per heavy atom. The van der Waals surface area contributed by atoms with Crippen LogP contribution in [-0.4, -0.2) is 22.1 Å². The summed E-state index contributed by atoms with van der Waals surface area (Å²) >= 11 is 5.77. The Kier molecular flexibility index (Phi) is 3.69. The summed E-state index contributed by atoms with van der Waals surface area (Å²) in [5.41, 5.74) is 12.1. The molecule has 0 atom stereocenters. The monoisotopic (exact) mass is 255 g/mol. The number of halogens is 1. The molecule has 0 radical (unpaired) electrons. The summed E-state index contributed by atoms with van der Waals surface area (Å²) in [5.74, 6) is 0.595. The molecule has 1 saturated carbocycles. The first-order chi connectivity index (χ1) is 8.15. The van der Waals surface area contributed by atoms with Crippen LogP contribution in [0.4, 0.5) is 11.5 Å². The number of nitrogens with zero attached hydrogens (tertiary/aromatic N) is 2. The summed E-state index contributed by atoms with van der Waals surface area (Å²) in [4.78, 5) is 7.96. The van der Waals surface area contributed by atoms with E-state index in [1.54, 1.807) is 0 Å². The van der Waals surface area contributed by atoms with Gasteiger partial charge in [0.2, 0.25) is 5.28 Å². The standard InChI is InChI=1S/C11H18ClN5/c12-10-15-6-8(14)9(16-10)17-11(7-13)4-2-1-3-5-11/h6H,1-5,7,13-14H2,(H,15,16,17). The van der Waals surface area contributed by atoms with Gasteiger partial charge in [-0.05, 0) is 24.4 Å². The van der Waals surface area contributed by atoms with Gasteiger partial charge < -0.3 is 16.8 Å². The largest absolute Gasteiger partial charge is 0.394 e. The van der Waals surface area contributed by atoms with E-state index in [-0.39, 0.29) is 10.8 Å². The van der Waals surface area contributed by atoms with E-state index >= 15 is 0 Å². The molecule has 5 N–H and O–H groups in total. The van der Waals surface area contributed by atoms with Gasteiger partial charge in [-0.15, -0.1) is 0 Å². The van der Waals surface area contributed by atoms with Gasteiger partial charge in [-0.3, -0.25) is 0 Å². The molecule has 17 heavy (non-hydrogen) atoms. The molecule has 0 aliphatic heterocycles. The van der Waals surface area contributed by atoms with E-state index in [9.17, 15) is 0 Å². The molecular weight excluding hydrogens is 238 g/mol. The van der Waals surface area contributed by atoms with Crippen LogP contribution in [0.3, 0.4) is 0 Å². The Balaban J connectivity index is 2.20. The molecule has 5 nitrogen and oxygen atoms in total. The van der Waals surface area contributed by atoms with Crippen LogP contribution < -0.4 is 16.8 Å². The highest BCUT2D eigenvalue weighted by atomic mass is 35.5. The molecule has 1 aliphatic carbocycles. The third-order valence-electron chi connectivity index (χ3n) is 3.37. The molecule has 6 heteroatoms. The Bertz CT molecular complexity index is 389. The number of nitrogens with one attached hydrogen (secondary N) is 1. The minimum Gasteiger partial charge on any atom is -0.394 e. The summed E-state index contributed by atoms with van der Waals surface area (Å²) < 4.78 is 0. The van der Waals surface area contributed by atoms with Gasteiger partial charge in [0.1, 0.15) is 0 Å². The maximum absolute atomic E-state index is 5.89. The van der Waals surface area contributed by atoms with Gasteiger partial charge in [0.05, 0.1) is 17.4 Å². The van der Waals surface area contributed by atoms with Crippen molar-refractivity contribution in [3.05, 3.63) is 11.5 Å². The highest BCUT2D eigenvalue weighted by molar-refractivity contribution is 6.28. The van der Waals surface area contributed by atoms with E-state index < -0.39 is 0 Å². The van der Waals surface area contributed by atoms with Gasteiger partial charge in [0, 0.05) is 6.54 Å². The van der Waals surface area contributed by atoms with Crippen molar-refractivity contribution in [1.29, 1.82) is 0 Å². The van der Waals surface area contributed by atoms with Crippen LogP contribution in [0, 0.1) is 0 Å². The summed E-state index contributed by atoms with van der Waals surface area (Å²) in [5, 5.41) is 3.57. The molecule has 1 fully saturated rings. The highest BCUT2D eigenvalue weighted by Gasteiger charge is 2.31. The van der Waals surface area contributed by atoms with Crippen molar-refractivity contribution in [2.24, 2.45) is 5.73 Å². The fourth-order valence-electron chi connectivity index (χ4n) is 2.33. The van der Waals surface area contributed by atoms with Crippen LogP contribution in [0.25, 0.3) is 0 Å². The molecule has 0 amide bonds. The third kappa shape index (κ3) is 2.79. The Morgan fingerprint density at radius 3 is 2.71 bits per heavy atom. The lowest BCUT2D eigenvalue weighted by atomic mass is 9.81. The number of rotatable bonds is 3. The van der Waals surface area contributed by atoms with Crippen molar-refractivity contribution in [2.45, 2.75) is 37.6 Å². The SMILES string of the molecule is NCC1(Nc2nc(Cl)ncc2N)CCCCC1. The first-order valence-corrected chi connectivity index (χ1v) is 6.29. The van der Waals surface area contributed by atoms with Crippen LogP contribution in [0.2, 0.25) is 5.28 Å². The van der Waals surface area contributed by atoms with Crippen LogP contribution in [0.1, 0.15) is 32.1 Å². The van der Waals surface area contributed by atoms with Crippen molar-refractivity contribution in [3.8, 4) is 0 Å². The minimum atomic E-state index is -0.0932. The zero-order chi connectivity index (χ0) is 12.3. The fraction of sp³-hybridized carbons (Fsp3) is 0.636. The lowest BCUT2D eigenvalue weighted by Crippen LogP contribution is -2.47. The number of hydrogen-bond donors (Lipinski definition) is 3. The first kappa shape index (κ1) is 12.4. The van der Waals surface area contributed by atoms with Crippen molar-refractivity contribution in [2.75, 3.05) is 17.6 Å². The quantitative estimate of drug-likeness (QED) is 0.717. The molecule has 1 heterocycles. The number of anilines is 2. The van der Waals surface area contributed by atoms with E-state index in [0.717, 1.165) is 12.8 Å². The van der Waals surface area contributed by atoms with E-state index in [0.29, 0.717) is 18.1 Å². The molecule has 0 spiro atoms. The predicted molar refractivity (Wildman–Crippen MR) is 69.9 cm³/mol. The second-order valence-electron chi connectivity index (χ2n) is 4.61. The summed E-state index contributed by atoms with van der Waals surface area (Å²) in [6, 6.07) is 0. The molecular formula is C11H18ClN5. The summed E-state index contributed by atoms with van der Waals surface area (Å²) in [6.45, 7) is 0.577. The summed E-state index contributed by atoms with van der Waals surface area (Å²) in [6.07, 6.45) is 7.25. The molecule has 94 valence electrons. The average molecular weight is 256 g/mol. The number of hydrogen-bond acceptors (Lipinski definition) is 5. The van der Waals surface area contributed by atoms with Crippen LogP contribution in [0.15, 0.2) is 6.20 Å². The van der Waals surface area contributed by atoms with Gasteiger partial charge in [-0.2, -0.15) is 4.98 Å². The first-order valence-electron chi connectivity index (χ1n) is 5.91. The molecule has 1 aliphatic rings. The topological polar surface area (TPSA) is 89.8 Å². The lowest BCUT2D eigenvalue weighted by Gasteiger charge is -2.37. The molecule has 0 saturated heterocycles. The zero-order valence-corrected chi connectivity index (χ0v) is 10.5. The molecule has 2 rings (SSSR count). The van der Waals surface area contributed by atoms with Crippen LogP contribution in [-0.2, 0) is 0 Å². The van der Waals surface area contributed by atoms with Gasteiger partial charge in [-0.25, -0.2) is 4.98 Å². The lowest BCUT2D eigenvalue weighted by molar-refractivity contribution is 0.330. The normalized spacial score (nSPS) is 18.9. The maximum atomic E-state index is 5.89. The van der Waals surface area contributed by atoms with Gasteiger partial charge in [-0.1, -0.05) is 19.3 Å². The average Bonchev–Trinajstić information content (AvgIpc) is 2.35. The number of nitrogen functional groups attached to an aromatic ring is 1. The minimum absolute atomic E-state index is 0.0932. The van der Waals surface area contributed by atoms with E-state index in [4.69, 9.17) is 23.1 Å². The second kappa shape index (κ2) is 5.06. The van der Waals surface area contributed by atoms with E-state index in [2.05, 4.69) is 15.3 Å². The van der Waals surface area contributed by atoms with Gasteiger partial charge >= 0.3 is 0 Å². The van der Waals surface area contributed by atoms with Gasteiger partial charge in [0.25, 0.3) is 0 Å². The molecule has 1 aromatic heterocycles. The predicted octanol–water partition coefficient (Wildman–Crippen LogP) is 1.79. The smallest absolute Gasteiger partial charge is 0.224 e. The number of nitrogens with two attached hydrogens (primary N) is 2. The van der Waals surface area contributed by atoms with Gasteiger partial charge in [0.15, 0.2) is 5.82 Å². The summed E-state index contributed by atoms with van der Waals surface area (Å²) in [7, 11) is 0. The second-order valence-corrected chi connectivity index (χ2v) is 4.95. The Morgan fingerprint density at radius 2 is 2.06 bits per heavy atom. The van der Waals surface area contributed by atoms with E-state index in [1.807, 2.05) is 0 Å². The fourth-order valence-corrected chi connectivity index (χ4v) is 2.46. The van der Waals surface area contributed by atoms with Crippen molar-refractivity contribution in [1.82, 2.24) is 9.97 Å². The Labute approximate surface area is 106 Å². The zero-order valence-electron chi connectivity index (χ0n) is 9.75. The van der Waals surface area contributed by atoms with Crippen molar-refractivity contribution < 1.29 is 0 Å². The maximum Gasteiger partial charge on any atom is 0.224 e. The van der Waals surface area contributed by atoms with Crippen molar-refractivity contribution in [3.63, 3.8) is 0 Å². The molecule has 0 bridgehead atoms. The Hall–Kier alpha value is -1.07. The third-order valence-corrected chi connectivity index (χ3v) is 3.55.